The van der Waals surface area contributed by atoms with Crippen LogP contribution in [-0.4, -0.2) is 5.71 Å². The van der Waals surface area contributed by atoms with Crippen molar-refractivity contribution in [3.05, 3.63) is 48.2 Å². The van der Waals surface area contributed by atoms with Crippen LogP contribution < -0.4 is 5.32 Å². The first kappa shape index (κ1) is 9.52. The SMILES string of the molecule is CC(=N)/C=C\NCc1ccccc1. The van der Waals surface area contributed by atoms with Crippen molar-refractivity contribution in [3.8, 4) is 0 Å². The number of nitrogens with one attached hydrogen (secondary N) is 2. The van der Waals surface area contributed by atoms with E-state index in [9.17, 15) is 0 Å². The minimum Gasteiger partial charge on any atom is -0.387 e. The Labute approximate surface area is 78.8 Å². The Morgan fingerprint density at radius 2 is 2.08 bits per heavy atom. The average molecular weight is 174 g/mol. The summed E-state index contributed by atoms with van der Waals surface area (Å²) < 4.78 is 0. The molecule has 0 aliphatic carbocycles. The Hall–Kier alpha value is -1.57. The van der Waals surface area contributed by atoms with Crippen LogP contribution in [0.15, 0.2) is 42.6 Å². The summed E-state index contributed by atoms with van der Waals surface area (Å²) in [5, 5.41) is 10.3. The lowest BCUT2D eigenvalue weighted by Crippen LogP contribution is -2.04. The van der Waals surface area contributed by atoms with Crippen LogP contribution in [0, 0.1) is 5.41 Å². The van der Waals surface area contributed by atoms with Crippen LogP contribution in [0.2, 0.25) is 0 Å². The summed E-state index contributed by atoms with van der Waals surface area (Å²) in [4.78, 5) is 0. The summed E-state index contributed by atoms with van der Waals surface area (Å²) in [6.45, 7) is 2.56. The first-order valence-electron chi connectivity index (χ1n) is 4.28. The fourth-order valence-electron chi connectivity index (χ4n) is 0.957. The Morgan fingerprint density at radius 1 is 1.38 bits per heavy atom. The molecule has 0 saturated carbocycles. The van der Waals surface area contributed by atoms with Gasteiger partial charge in [0.1, 0.15) is 0 Å². The normalized spacial score (nSPS) is 10.2. The molecule has 0 spiro atoms. The van der Waals surface area contributed by atoms with Crippen LogP contribution in [0.5, 0.6) is 0 Å². The Balaban J connectivity index is 2.32. The van der Waals surface area contributed by atoms with E-state index in [0.717, 1.165) is 6.54 Å². The summed E-state index contributed by atoms with van der Waals surface area (Å²) in [5.41, 5.74) is 1.80. The van der Waals surface area contributed by atoms with Crippen LogP contribution in [0.1, 0.15) is 12.5 Å². The minimum atomic E-state index is 0.556. The summed E-state index contributed by atoms with van der Waals surface area (Å²) in [7, 11) is 0. The highest BCUT2D eigenvalue weighted by atomic mass is 14.8. The van der Waals surface area contributed by atoms with Gasteiger partial charge >= 0.3 is 0 Å². The van der Waals surface area contributed by atoms with E-state index in [1.54, 1.807) is 19.2 Å². The van der Waals surface area contributed by atoms with Gasteiger partial charge in [-0.2, -0.15) is 0 Å². The van der Waals surface area contributed by atoms with Crippen molar-refractivity contribution < 1.29 is 0 Å². The van der Waals surface area contributed by atoms with Crippen molar-refractivity contribution in [1.29, 1.82) is 5.41 Å². The molecule has 0 saturated heterocycles. The third-order valence-electron chi connectivity index (χ3n) is 1.60. The van der Waals surface area contributed by atoms with E-state index in [-0.39, 0.29) is 0 Å². The van der Waals surface area contributed by atoms with Gasteiger partial charge in [0.25, 0.3) is 0 Å². The molecule has 13 heavy (non-hydrogen) atoms. The Bertz CT molecular complexity index is 288. The first-order valence-corrected chi connectivity index (χ1v) is 4.28. The number of allylic oxidation sites excluding steroid dienone is 1. The second kappa shape index (κ2) is 5.14. The lowest BCUT2D eigenvalue weighted by atomic mass is 10.2. The van der Waals surface area contributed by atoms with E-state index < -0.39 is 0 Å². The van der Waals surface area contributed by atoms with Crippen LogP contribution in [0.25, 0.3) is 0 Å². The third-order valence-corrected chi connectivity index (χ3v) is 1.60. The van der Waals surface area contributed by atoms with Crippen molar-refractivity contribution in [2.75, 3.05) is 0 Å². The van der Waals surface area contributed by atoms with Crippen LogP contribution in [0.4, 0.5) is 0 Å². The maximum absolute atomic E-state index is 7.15. The largest absolute Gasteiger partial charge is 0.387 e. The van der Waals surface area contributed by atoms with E-state index in [1.807, 2.05) is 18.2 Å². The van der Waals surface area contributed by atoms with Crippen molar-refractivity contribution in [2.24, 2.45) is 0 Å². The molecule has 1 aromatic carbocycles. The number of hydrogen-bond acceptors (Lipinski definition) is 2. The summed E-state index contributed by atoms with van der Waals surface area (Å²) in [6.07, 6.45) is 3.54. The van der Waals surface area contributed by atoms with Crippen LogP contribution in [-0.2, 0) is 6.54 Å². The highest BCUT2D eigenvalue weighted by Crippen LogP contribution is 1.96. The number of rotatable bonds is 4. The molecule has 0 aliphatic heterocycles. The van der Waals surface area contributed by atoms with Gasteiger partial charge in [-0.15, -0.1) is 0 Å². The number of hydrogen-bond donors (Lipinski definition) is 2. The van der Waals surface area contributed by atoms with E-state index in [1.165, 1.54) is 5.56 Å². The van der Waals surface area contributed by atoms with E-state index in [0.29, 0.717) is 5.71 Å². The zero-order valence-corrected chi connectivity index (χ0v) is 7.75. The highest BCUT2D eigenvalue weighted by molar-refractivity contribution is 5.89. The average Bonchev–Trinajstić information content (AvgIpc) is 2.14. The summed E-state index contributed by atoms with van der Waals surface area (Å²) in [6, 6.07) is 10.2. The molecule has 1 rings (SSSR count). The molecule has 0 radical (unpaired) electrons. The predicted molar refractivity (Wildman–Crippen MR) is 55.8 cm³/mol. The van der Waals surface area contributed by atoms with Gasteiger partial charge in [-0.1, -0.05) is 30.3 Å². The minimum absolute atomic E-state index is 0.556. The quantitative estimate of drug-likeness (QED) is 0.675. The van der Waals surface area contributed by atoms with Gasteiger partial charge in [0.15, 0.2) is 0 Å². The van der Waals surface area contributed by atoms with Gasteiger partial charge in [0.2, 0.25) is 0 Å². The molecule has 2 N–H and O–H groups in total. The lowest BCUT2D eigenvalue weighted by Gasteiger charge is -1.99. The zero-order valence-electron chi connectivity index (χ0n) is 7.75. The predicted octanol–water partition coefficient (Wildman–Crippen LogP) is 2.33. The molecule has 0 atom stereocenters. The maximum atomic E-state index is 7.15. The molecule has 1 aromatic rings. The molecule has 0 fully saturated rings. The summed E-state index contributed by atoms with van der Waals surface area (Å²) in [5.74, 6) is 0. The Morgan fingerprint density at radius 3 is 2.69 bits per heavy atom. The molecule has 0 heterocycles. The van der Waals surface area contributed by atoms with Crippen molar-refractivity contribution >= 4 is 5.71 Å². The molecule has 68 valence electrons. The highest BCUT2D eigenvalue weighted by Gasteiger charge is 1.85. The second-order valence-corrected chi connectivity index (χ2v) is 2.88. The third kappa shape index (κ3) is 4.11. The molecule has 2 heteroatoms. The summed E-state index contributed by atoms with van der Waals surface area (Å²) >= 11 is 0. The van der Waals surface area contributed by atoms with Gasteiger partial charge < -0.3 is 10.7 Å². The van der Waals surface area contributed by atoms with E-state index in [4.69, 9.17) is 5.41 Å². The standard InChI is InChI=1S/C11H14N2/c1-10(12)7-8-13-9-11-5-3-2-4-6-11/h2-8,12-13H,9H2,1H3/b8-7-,12-10?. The van der Waals surface area contributed by atoms with Gasteiger partial charge in [-0.05, 0) is 24.8 Å². The van der Waals surface area contributed by atoms with Crippen molar-refractivity contribution in [1.82, 2.24) is 5.32 Å². The molecule has 0 amide bonds. The topological polar surface area (TPSA) is 35.9 Å². The molecule has 0 aromatic heterocycles. The lowest BCUT2D eigenvalue weighted by molar-refractivity contribution is 0.870. The van der Waals surface area contributed by atoms with Gasteiger partial charge in [0, 0.05) is 12.3 Å². The van der Waals surface area contributed by atoms with Crippen LogP contribution >= 0.6 is 0 Å². The molecular weight excluding hydrogens is 160 g/mol. The van der Waals surface area contributed by atoms with Gasteiger partial charge in [0.05, 0.1) is 0 Å². The Kier molecular flexibility index (Phi) is 3.76. The molecular formula is C11H14N2. The number of benzene rings is 1. The van der Waals surface area contributed by atoms with E-state index in [2.05, 4.69) is 17.4 Å². The molecule has 0 aliphatic rings. The fraction of sp³-hybridized carbons (Fsp3) is 0.182. The van der Waals surface area contributed by atoms with Crippen molar-refractivity contribution in [2.45, 2.75) is 13.5 Å². The monoisotopic (exact) mass is 174 g/mol. The van der Waals surface area contributed by atoms with Gasteiger partial charge in [-0.25, -0.2) is 0 Å². The fourth-order valence-corrected chi connectivity index (χ4v) is 0.957. The second-order valence-electron chi connectivity index (χ2n) is 2.88. The molecule has 2 nitrogen and oxygen atoms in total. The zero-order chi connectivity index (χ0) is 9.52. The van der Waals surface area contributed by atoms with Crippen molar-refractivity contribution in [3.63, 3.8) is 0 Å². The van der Waals surface area contributed by atoms with E-state index >= 15 is 0 Å². The smallest absolute Gasteiger partial charge is 0.0395 e. The first-order chi connectivity index (χ1) is 6.29. The van der Waals surface area contributed by atoms with Gasteiger partial charge in [-0.3, -0.25) is 0 Å². The molecule has 0 bridgehead atoms. The van der Waals surface area contributed by atoms with Crippen LogP contribution in [0.3, 0.4) is 0 Å². The maximum Gasteiger partial charge on any atom is 0.0395 e. The molecule has 0 unspecified atom stereocenters.